The molecule has 0 spiro atoms. The molecule has 0 unspecified atom stereocenters. The fourth-order valence-corrected chi connectivity index (χ4v) is 5.47. The molecule has 154 valence electrons. The largest absolute Gasteiger partial charge is 0.315 e. The highest BCUT2D eigenvalue weighted by Crippen LogP contribution is 2.24. The number of aryl methyl sites for hydroxylation is 3. The summed E-state index contributed by atoms with van der Waals surface area (Å²) < 4.78 is 27.2. The normalized spacial score (nSPS) is 12.6. The van der Waals surface area contributed by atoms with E-state index in [-0.39, 0.29) is 16.6 Å². The topological polar surface area (TPSA) is 68.5 Å². The summed E-state index contributed by atoms with van der Waals surface area (Å²) in [5, 5.41) is 0. The van der Waals surface area contributed by atoms with E-state index in [4.69, 9.17) is 0 Å². The second-order valence-corrected chi connectivity index (χ2v) is 11.0. The average Bonchev–Trinajstić information content (AvgIpc) is 3.03. The molecule has 0 N–H and O–H groups in total. The van der Waals surface area contributed by atoms with Crippen LogP contribution in [0.2, 0.25) is 0 Å². The molecule has 0 radical (unpaired) electrons. The zero-order valence-corrected chi connectivity index (χ0v) is 19.4. The van der Waals surface area contributed by atoms with Gasteiger partial charge in [-0.25, -0.2) is 8.42 Å². The second kappa shape index (κ2) is 8.85. The Bertz CT molecular complexity index is 1220. The number of fused-ring (bicyclic) bond motifs is 1. The van der Waals surface area contributed by atoms with Gasteiger partial charge in [0.25, 0.3) is 5.91 Å². The third kappa shape index (κ3) is 4.65. The van der Waals surface area contributed by atoms with Crippen molar-refractivity contribution in [2.24, 2.45) is 4.99 Å². The number of nitrogens with zero attached hydrogens (tertiary/aromatic N) is 2. The van der Waals surface area contributed by atoms with Crippen LogP contribution in [0.5, 0.6) is 0 Å². The SMILES string of the molecule is CCS(=O)(=O)c1ccc(C(=O)N=c2sc3c(C)cc(C)cc3n2CCSC)cc1. The van der Waals surface area contributed by atoms with E-state index in [1.807, 2.05) is 0 Å². The van der Waals surface area contributed by atoms with E-state index in [9.17, 15) is 13.2 Å². The summed E-state index contributed by atoms with van der Waals surface area (Å²) in [6, 6.07) is 10.3. The molecule has 0 saturated heterocycles. The fraction of sp³-hybridized carbons (Fsp3) is 0.333. The first-order valence-corrected chi connectivity index (χ1v) is 13.1. The standard InChI is InChI=1S/C21H24N2O3S3/c1-5-29(25,26)17-8-6-16(7-9-17)20(24)22-21-23(10-11-27-4)18-13-14(2)12-15(3)19(18)28-21/h6-9,12-13H,5,10-11H2,1-4H3. The molecule has 0 saturated carbocycles. The molecule has 0 aliphatic heterocycles. The van der Waals surface area contributed by atoms with Crippen LogP contribution in [0.1, 0.15) is 28.4 Å². The van der Waals surface area contributed by atoms with Crippen LogP contribution >= 0.6 is 23.1 Å². The number of benzene rings is 2. The number of carbonyl (C=O) groups excluding carboxylic acids is 1. The molecule has 1 heterocycles. The van der Waals surface area contributed by atoms with Crippen LogP contribution < -0.4 is 4.80 Å². The number of carbonyl (C=O) groups is 1. The Balaban J connectivity index is 2.07. The summed E-state index contributed by atoms with van der Waals surface area (Å²) in [7, 11) is -3.29. The van der Waals surface area contributed by atoms with Crippen molar-refractivity contribution in [3.8, 4) is 0 Å². The predicted octanol–water partition coefficient (Wildman–Crippen LogP) is 4.22. The average molecular weight is 449 g/mol. The van der Waals surface area contributed by atoms with Crippen LogP contribution in [0.15, 0.2) is 46.3 Å². The zero-order chi connectivity index (χ0) is 21.2. The summed E-state index contributed by atoms with van der Waals surface area (Å²) in [5.74, 6) is 0.578. The zero-order valence-electron chi connectivity index (χ0n) is 16.9. The number of sulfone groups is 1. The van der Waals surface area contributed by atoms with E-state index in [2.05, 4.69) is 41.8 Å². The molecule has 3 rings (SSSR count). The highest BCUT2D eigenvalue weighted by Gasteiger charge is 2.14. The third-order valence-corrected chi connectivity index (χ3v) is 8.24. The summed E-state index contributed by atoms with van der Waals surface area (Å²) in [6.07, 6.45) is 2.06. The number of hydrogen-bond donors (Lipinski definition) is 0. The van der Waals surface area contributed by atoms with Gasteiger partial charge in [-0.05, 0) is 61.6 Å². The molecule has 0 fully saturated rings. The fourth-order valence-electron chi connectivity index (χ4n) is 3.12. The molecule has 29 heavy (non-hydrogen) atoms. The van der Waals surface area contributed by atoms with Crippen LogP contribution in [0.3, 0.4) is 0 Å². The molecule has 0 bridgehead atoms. The highest BCUT2D eigenvalue weighted by molar-refractivity contribution is 7.98. The van der Waals surface area contributed by atoms with Gasteiger partial charge in [-0.3, -0.25) is 4.79 Å². The molecular formula is C21H24N2O3S3. The van der Waals surface area contributed by atoms with Gasteiger partial charge in [-0.15, -0.1) is 0 Å². The van der Waals surface area contributed by atoms with Crippen LogP contribution in [0.25, 0.3) is 10.2 Å². The molecule has 8 heteroatoms. The molecule has 5 nitrogen and oxygen atoms in total. The Morgan fingerprint density at radius 1 is 1.17 bits per heavy atom. The van der Waals surface area contributed by atoms with Gasteiger partial charge in [0.05, 0.1) is 20.9 Å². The minimum Gasteiger partial charge on any atom is -0.315 e. The Morgan fingerprint density at radius 2 is 1.86 bits per heavy atom. The van der Waals surface area contributed by atoms with E-state index in [0.29, 0.717) is 10.4 Å². The van der Waals surface area contributed by atoms with Crippen molar-refractivity contribution in [3.63, 3.8) is 0 Å². The van der Waals surface area contributed by atoms with Crippen molar-refractivity contribution in [1.29, 1.82) is 0 Å². The lowest BCUT2D eigenvalue weighted by Crippen LogP contribution is -2.18. The third-order valence-electron chi connectivity index (χ3n) is 4.67. The van der Waals surface area contributed by atoms with E-state index < -0.39 is 9.84 Å². The molecule has 0 atom stereocenters. The predicted molar refractivity (Wildman–Crippen MR) is 122 cm³/mol. The van der Waals surface area contributed by atoms with Gasteiger partial charge in [-0.1, -0.05) is 24.3 Å². The molecule has 0 aliphatic rings. The van der Waals surface area contributed by atoms with Gasteiger partial charge >= 0.3 is 0 Å². The smallest absolute Gasteiger partial charge is 0.279 e. The van der Waals surface area contributed by atoms with Crippen LogP contribution in [0, 0.1) is 13.8 Å². The van der Waals surface area contributed by atoms with Gasteiger partial charge in [-0.2, -0.15) is 16.8 Å². The summed E-state index contributed by atoms with van der Waals surface area (Å²) in [4.78, 5) is 18.0. The summed E-state index contributed by atoms with van der Waals surface area (Å²) in [6.45, 7) is 6.51. The number of rotatable bonds is 6. The lowest BCUT2D eigenvalue weighted by atomic mass is 10.1. The molecule has 1 amide bonds. The molecular weight excluding hydrogens is 424 g/mol. The summed E-state index contributed by atoms with van der Waals surface area (Å²) in [5.41, 5.74) is 3.82. The molecule has 0 aliphatic carbocycles. The first-order valence-electron chi connectivity index (χ1n) is 9.28. The lowest BCUT2D eigenvalue weighted by Gasteiger charge is -2.06. The number of hydrogen-bond acceptors (Lipinski definition) is 5. The molecule has 3 aromatic rings. The van der Waals surface area contributed by atoms with Crippen molar-refractivity contribution in [3.05, 3.63) is 57.9 Å². The van der Waals surface area contributed by atoms with Crippen molar-refractivity contribution in [1.82, 2.24) is 4.57 Å². The van der Waals surface area contributed by atoms with E-state index >= 15 is 0 Å². The first kappa shape index (κ1) is 21.8. The van der Waals surface area contributed by atoms with E-state index in [1.165, 1.54) is 46.7 Å². The van der Waals surface area contributed by atoms with Crippen molar-refractivity contribution < 1.29 is 13.2 Å². The minimum absolute atomic E-state index is 0.0284. The number of thiazole rings is 1. The van der Waals surface area contributed by atoms with Gasteiger partial charge in [0.15, 0.2) is 14.6 Å². The maximum Gasteiger partial charge on any atom is 0.279 e. The van der Waals surface area contributed by atoms with Crippen LogP contribution in [-0.2, 0) is 16.4 Å². The second-order valence-electron chi connectivity index (χ2n) is 6.80. The van der Waals surface area contributed by atoms with Crippen molar-refractivity contribution in [2.75, 3.05) is 17.8 Å². The first-order chi connectivity index (χ1) is 13.8. The monoisotopic (exact) mass is 448 g/mol. The number of aromatic nitrogens is 1. The lowest BCUT2D eigenvalue weighted by molar-refractivity contribution is 0.0997. The van der Waals surface area contributed by atoms with Crippen LogP contribution in [-0.4, -0.2) is 36.7 Å². The van der Waals surface area contributed by atoms with E-state index in [0.717, 1.165) is 22.5 Å². The van der Waals surface area contributed by atoms with Crippen LogP contribution in [0.4, 0.5) is 0 Å². The van der Waals surface area contributed by atoms with Gasteiger partial charge in [0, 0.05) is 17.9 Å². The van der Waals surface area contributed by atoms with Crippen molar-refractivity contribution in [2.45, 2.75) is 32.2 Å². The quantitative estimate of drug-likeness (QED) is 0.566. The number of thioether (sulfide) groups is 1. The van der Waals surface area contributed by atoms with Gasteiger partial charge in [0.1, 0.15) is 0 Å². The molecule has 1 aromatic heterocycles. The number of amides is 1. The maximum absolute atomic E-state index is 12.8. The minimum atomic E-state index is -3.29. The Labute approximate surface area is 179 Å². The highest BCUT2D eigenvalue weighted by atomic mass is 32.2. The van der Waals surface area contributed by atoms with Gasteiger partial charge in [0.2, 0.25) is 0 Å². The Kier molecular flexibility index (Phi) is 6.65. The molecule has 2 aromatic carbocycles. The van der Waals surface area contributed by atoms with Gasteiger partial charge < -0.3 is 4.57 Å². The van der Waals surface area contributed by atoms with E-state index in [1.54, 1.807) is 18.7 Å². The Hall–Kier alpha value is -1.90. The maximum atomic E-state index is 12.8. The van der Waals surface area contributed by atoms with Crippen molar-refractivity contribution >= 4 is 49.1 Å². The summed E-state index contributed by atoms with van der Waals surface area (Å²) >= 11 is 3.26. The Morgan fingerprint density at radius 3 is 2.48 bits per heavy atom.